The van der Waals surface area contributed by atoms with Crippen molar-refractivity contribution in [2.75, 3.05) is 6.61 Å². The van der Waals surface area contributed by atoms with Crippen LogP contribution < -0.4 is 15.6 Å². The summed E-state index contributed by atoms with van der Waals surface area (Å²) in [6.07, 6.45) is 4.51. The summed E-state index contributed by atoms with van der Waals surface area (Å²) in [6, 6.07) is 9.44. The maximum absolute atomic E-state index is 12.5. The second kappa shape index (κ2) is 8.91. The fraction of sp³-hybridized carbons (Fsp3) is 0.238. The van der Waals surface area contributed by atoms with E-state index < -0.39 is 5.91 Å². The first kappa shape index (κ1) is 19.8. The van der Waals surface area contributed by atoms with Crippen molar-refractivity contribution in [2.24, 2.45) is 0 Å². The van der Waals surface area contributed by atoms with E-state index in [0.29, 0.717) is 23.4 Å². The first-order valence-electron chi connectivity index (χ1n) is 9.55. The number of aromatic amines is 1. The molecule has 0 aliphatic carbocycles. The van der Waals surface area contributed by atoms with Gasteiger partial charge in [-0.05, 0) is 41.6 Å². The highest BCUT2D eigenvalue weighted by molar-refractivity contribution is 7.16. The Morgan fingerprint density at radius 3 is 3.07 bits per heavy atom. The third-order valence-corrected chi connectivity index (χ3v) is 5.54. The molecule has 30 heavy (non-hydrogen) atoms. The van der Waals surface area contributed by atoms with Crippen LogP contribution in [-0.2, 0) is 13.1 Å². The highest BCUT2D eigenvalue weighted by atomic mass is 32.1. The van der Waals surface area contributed by atoms with E-state index >= 15 is 0 Å². The summed E-state index contributed by atoms with van der Waals surface area (Å²) >= 11 is 1.35. The van der Waals surface area contributed by atoms with Crippen LogP contribution in [0.15, 0.2) is 52.9 Å². The van der Waals surface area contributed by atoms with Crippen LogP contribution in [0.3, 0.4) is 0 Å². The van der Waals surface area contributed by atoms with E-state index in [1.165, 1.54) is 11.3 Å². The molecule has 0 unspecified atom stereocenters. The van der Waals surface area contributed by atoms with Gasteiger partial charge < -0.3 is 15.0 Å². The Morgan fingerprint density at radius 2 is 2.23 bits per heavy atom. The minimum absolute atomic E-state index is 0.0142. The largest absolute Gasteiger partial charge is 0.494 e. The summed E-state index contributed by atoms with van der Waals surface area (Å²) < 4.78 is 7.65. The van der Waals surface area contributed by atoms with E-state index in [2.05, 4.69) is 20.4 Å². The standard InChI is InChI=1S/C21H21N5O3S/c1-14-13-30-21-17(14)19(27)24-18(25-21)20(28)22-12-15-5-2-6-16(11-15)29-10-4-9-26-8-3-7-23-26/h2-3,5-8,11,13H,4,9-10,12H2,1H3,(H,22,28)(H,24,25,27). The summed E-state index contributed by atoms with van der Waals surface area (Å²) in [5.41, 5.74) is 1.45. The van der Waals surface area contributed by atoms with Gasteiger partial charge in [-0.2, -0.15) is 5.10 Å². The molecule has 2 N–H and O–H groups in total. The van der Waals surface area contributed by atoms with Crippen LogP contribution in [0.5, 0.6) is 5.75 Å². The van der Waals surface area contributed by atoms with Crippen LogP contribution in [0.2, 0.25) is 0 Å². The molecule has 0 spiro atoms. The molecular weight excluding hydrogens is 402 g/mol. The maximum atomic E-state index is 12.5. The van der Waals surface area contributed by atoms with Crippen molar-refractivity contribution in [3.63, 3.8) is 0 Å². The lowest BCUT2D eigenvalue weighted by atomic mass is 10.2. The lowest BCUT2D eigenvalue weighted by molar-refractivity contribution is 0.0940. The van der Waals surface area contributed by atoms with Gasteiger partial charge in [-0.1, -0.05) is 12.1 Å². The normalized spacial score (nSPS) is 11.0. The molecule has 1 amide bonds. The highest BCUT2D eigenvalue weighted by Crippen LogP contribution is 2.19. The molecule has 0 saturated carbocycles. The number of H-pyrrole nitrogens is 1. The van der Waals surface area contributed by atoms with E-state index in [-0.39, 0.29) is 11.4 Å². The number of carbonyl (C=O) groups excluding carboxylic acids is 1. The molecule has 154 valence electrons. The molecule has 4 rings (SSSR count). The van der Waals surface area contributed by atoms with Crippen molar-refractivity contribution < 1.29 is 9.53 Å². The monoisotopic (exact) mass is 423 g/mol. The third-order valence-electron chi connectivity index (χ3n) is 4.55. The Morgan fingerprint density at radius 1 is 1.33 bits per heavy atom. The topological polar surface area (TPSA) is 102 Å². The second-order valence-corrected chi connectivity index (χ2v) is 7.67. The van der Waals surface area contributed by atoms with Crippen LogP contribution in [0.4, 0.5) is 0 Å². The molecule has 3 heterocycles. The van der Waals surface area contributed by atoms with Crippen molar-refractivity contribution in [3.8, 4) is 5.75 Å². The number of nitrogens with one attached hydrogen (secondary N) is 2. The van der Waals surface area contributed by atoms with E-state index in [9.17, 15) is 9.59 Å². The van der Waals surface area contributed by atoms with E-state index in [4.69, 9.17) is 4.74 Å². The molecule has 9 heteroatoms. The predicted octanol–water partition coefficient (Wildman–Crippen LogP) is 2.89. The average Bonchev–Trinajstić information content (AvgIpc) is 3.40. The van der Waals surface area contributed by atoms with Gasteiger partial charge in [-0.15, -0.1) is 11.3 Å². The zero-order valence-corrected chi connectivity index (χ0v) is 17.2. The number of ether oxygens (including phenoxy) is 1. The molecule has 0 fully saturated rings. The Bertz CT molecular complexity index is 1210. The van der Waals surface area contributed by atoms with Crippen LogP contribution >= 0.6 is 11.3 Å². The molecule has 0 saturated heterocycles. The van der Waals surface area contributed by atoms with Crippen molar-refractivity contribution >= 4 is 27.5 Å². The fourth-order valence-corrected chi connectivity index (χ4v) is 3.98. The Labute approximate surface area is 176 Å². The number of benzene rings is 1. The summed E-state index contributed by atoms with van der Waals surface area (Å²) in [5, 5.41) is 9.34. The predicted molar refractivity (Wildman–Crippen MR) is 115 cm³/mol. The number of carbonyl (C=O) groups is 1. The molecule has 1 aromatic carbocycles. The highest BCUT2D eigenvalue weighted by Gasteiger charge is 2.13. The van der Waals surface area contributed by atoms with Gasteiger partial charge in [0.05, 0.1) is 12.0 Å². The van der Waals surface area contributed by atoms with Gasteiger partial charge in [-0.25, -0.2) is 4.98 Å². The van der Waals surface area contributed by atoms with Gasteiger partial charge in [0, 0.05) is 31.9 Å². The van der Waals surface area contributed by atoms with Crippen LogP contribution in [-0.4, -0.2) is 32.3 Å². The Hall–Kier alpha value is -3.46. The summed E-state index contributed by atoms with van der Waals surface area (Å²) in [5.74, 6) is 0.329. The third kappa shape index (κ3) is 4.57. The molecule has 0 aliphatic heterocycles. The zero-order chi connectivity index (χ0) is 20.9. The van der Waals surface area contributed by atoms with Gasteiger partial charge >= 0.3 is 0 Å². The number of fused-ring (bicyclic) bond motifs is 1. The van der Waals surface area contributed by atoms with Crippen molar-refractivity contribution in [1.82, 2.24) is 25.1 Å². The number of hydrogen-bond acceptors (Lipinski definition) is 6. The summed E-state index contributed by atoms with van der Waals surface area (Å²) in [6.45, 7) is 3.51. The molecule has 3 aromatic heterocycles. The Kier molecular flexibility index (Phi) is 5.89. The number of amides is 1. The molecule has 8 nitrogen and oxygen atoms in total. The number of thiophene rings is 1. The quantitative estimate of drug-likeness (QED) is 0.424. The van der Waals surface area contributed by atoms with Gasteiger partial charge in [0.25, 0.3) is 11.5 Å². The second-order valence-electron chi connectivity index (χ2n) is 6.81. The molecule has 0 bridgehead atoms. The van der Waals surface area contributed by atoms with Gasteiger partial charge in [0.1, 0.15) is 10.6 Å². The first-order chi connectivity index (χ1) is 14.6. The van der Waals surface area contributed by atoms with Crippen LogP contribution in [0.25, 0.3) is 10.2 Å². The van der Waals surface area contributed by atoms with Gasteiger partial charge in [0.15, 0.2) is 0 Å². The summed E-state index contributed by atoms with van der Waals surface area (Å²) in [4.78, 5) is 32.1. The smallest absolute Gasteiger partial charge is 0.287 e. The van der Waals surface area contributed by atoms with Crippen LogP contribution in [0.1, 0.15) is 28.2 Å². The van der Waals surface area contributed by atoms with Crippen molar-refractivity contribution in [1.29, 1.82) is 0 Å². The van der Waals surface area contributed by atoms with E-state index in [0.717, 1.165) is 29.8 Å². The number of hydrogen-bond donors (Lipinski definition) is 2. The van der Waals surface area contributed by atoms with Crippen LogP contribution in [0, 0.1) is 6.92 Å². The molecule has 4 aromatic rings. The molecule has 0 atom stereocenters. The van der Waals surface area contributed by atoms with Gasteiger partial charge in [0.2, 0.25) is 5.82 Å². The number of rotatable bonds is 8. The average molecular weight is 423 g/mol. The number of aromatic nitrogens is 4. The number of aryl methyl sites for hydroxylation is 2. The molecule has 0 radical (unpaired) electrons. The minimum atomic E-state index is -0.425. The van der Waals surface area contributed by atoms with Gasteiger partial charge in [-0.3, -0.25) is 14.3 Å². The van der Waals surface area contributed by atoms with Crippen molar-refractivity contribution in [2.45, 2.75) is 26.4 Å². The SMILES string of the molecule is Cc1csc2nc(C(=O)NCc3cccc(OCCCn4cccn4)c3)[nH]c(=O)c12. The maximum Gasteiger partial charge on any atom is 0.287 e. The Balaban J connectivity index is 1.33. The fourth-order valence-electron chi connectivity index (χ4n) is 3.06. The lowest BCUT2D eigenvalue weighted by Crippen LogP contribution is -2.27. The summed E-state index contributed by atoms with van der Waals surface area (Å²) in [7, 11) is 0. The lowest BCUT2D eigenvalue weighted by Gasteiger charge is -2.09. The number of nitrogens with zero attached hydrogens (tertiary/aromatic N) is 3. The van der Waals surface area contributed by atoms with E-state index in [1.54, 1.807) is 6.20 Å². The molecule has 0 aliphatic rings. The first-order valence-corrected chi connectivity index (χ1v) is 10.4. The molecular formula is C21H21N5O3S. The van der Waals surface area contributed by atoms with Crippen molar-refractivity contribution in [3.05, 3.63) is 75.4 Å². The zero-order valence-electron chi connectivity index (χ0n) is 16.4. The van der Waals surface area contributed by atoms with E-state index in [1.807, 2.05) is 53.5 Å². The minimum Gasteiger partial charge on any atom is -0.494 e.